The summed E-state index contributed by atoms with van der Waals surface area (Å²) < 4.78 is 53.3. The van der Waals surface area contributed by atoms with Crippen molar-refractivity contribution in [2.75, 3.05) is 31.5 Å². The molecular weight excluding hydrogens is 435 g/mol. The summed E-state index contributed by atoms with van der Waals surface area (Å²) in [5.41, 5.74) is 4.23. The molecule has 1 fully saturated rings. The number of aromatic nitrogens is 2. The molecule has 3 atom stereocenters. The number of alkyl halides is 1. The molecule has 2 aliphatic rings. The maximum absolute atomic E-state index is 14.9. The quantitative estimate of drug-likeness (QED) is 0.714. The van der Waals surface area contributed by atoms with Gasteiger partial charge in [0.1, 0.15) is 17.9 Å². The highest BCUT2D eigenvalue weighted by Gasteiger charge is 2.54. The highest BCUT2D eigenvalue weighted by molar-refractivity contribution is 8.13. The number of nitrogens with zero attached hydrogens (tertiary/aromatic N) is 3. The number of ether oxygens (including phenoxy) is 2. The van der Waals surface area contributed by atoms with Gasteiger partial charge >= 0.3 is 0 Å². The zero-order valence-electron chi connectivity index (χ0n) is 16.3. The maximum Gasteiger partial charge on any atom is 0.275 e. The molecule has 3 heterocycles. The number of nitrogens with two attached hydrogens (primary N) is 1. The number of carbonyl (C=O) groups excluding carboxylic acids is 1. The van der Waals surface area contributed by atoms with Crippen LogP contribution in [0.15, 0.2) is 29.5 Å². The third-order valence-corrected chi connectivity index (χ3v) is 6.19. The predicted octanol–water partition coefficient (Wildman–Crippen LogP) is 2.26. The molecule has 0 bridgehead atoms. The van der Waals surface area contributed by atoms with Crippen LogP contribution in [0.25, 0.3) is 0 Å². The van der Waals surface area contributed by atoms with E-state index < -0.39 is 41.8 Å². The van der Waals surface area contributed by atoms with Crippen LogP contribution in [-0.4, -0.2) is 53.3 Å². The van der Waals surface area contributed by atoms with E-state index in [2.05, 4.69) is 20.3 Å². The van der Waals surface area contributed by atoms with Gasteiger partial charge in [0.2, 0.25) is 5.88 Å². The molecule has 0 unspecified atom stereocenters. The van der Waals surface area contributed by atoms with E-state index in [1.165, 1.54) is 37.3 Å². The molecule has 0 aliphatic carbocycles. The number of fused-ring (bicyclic) bond motifs is 1. The molecule has 3 N–H and O–H groups in total. The highest BCUT2D eigenvalue weighted by Crippen LogP contribution is 2.49. The third kappa shape index (κ3) is 3.81. The van der Waals surface area contributed by atoms with E-state index in [1.54, 1.807) is 0 Å². The largest absolute Gasteiger partial charge is 0.480 e. The number of hydrogen-bond donors (Lipinski definition) is 2. The van der Waals surface area contributed by atoms with Gasteiger partial charge in [0, 0.05) is 29.0 Å². The number of rotatable bonds is 5. The number of nitrogens with one attached hydrogen (secondary N) is 1. The fourth-order valence-corrected chi connectivity index (χ4v) is 4.80. The highest BCUT2D eigenvalue weighted by atomic mass is 32.2. The third-order valence-electron chi connectivity index (χ3n) is 5.27. The Morgan fingerprint density at radius 3 is 2.87 bits per heavy atom. The first-order valence-corrected chi connectivity index (χ1v) is 10.2. The smallest absolute Gasteiger partial charge is 0.275 e. The van der Waals surface area contributed by atoms with Crippen molar-refractivity contribution in [2.24, 2.45) is 16.6 Å². The van der Waals surface area contributed by atoms with Crippen molar-refractivity contribution in [3.05, 3.63) is 47.4 Å². The monoisotopic (exact) mass is 453 g/mol. The molecule has 164 valence electrons. The van der Waals surface area contributed by atoms with Gasteiger partial charge < -0.3 is 20.5 Å². The van der Waals surface area contributed by atoms with Gasteiger partial charge in [0.15, 0.2) is 16.8 Å². The van der Waals surface area contributed by atoms with Crippen molar-refractivity contribution < 1.29 is 27.4 Å². The van der Waals surface area contributed by atoms with E-state index in [9.17, 15) is 18.0 Å². The Bertz CT molecular complexity index is 1040. The fourth-order valence-electron chi connectivity index (χ4n) is 3.73. The van der Waals surface area contributed by atoms with Gasteiger partial charge in [-0.2, -0.15) is 0 Å². The van der Waals surface area contributed by atoms with Crippen LogP contribution in [0, 0.1) is 17.6 Å². The van der Waals surface area contributed by atoms with Crippen molar-refractivity contribution in [2.45, 2.75) is 11.6 Å². The summed E-state index contributed by atoms with van der Waals surface area (Å²) in [6.07, 6.45) is 1.61. The molecule has 1 saturated heterocycles. The number of hydrogen-bond acceptors (Lipinski definition) is 8. The lowest BCUT2D eigenvalue weighted by Gasteiger charge is -2.35. The molecule has 0 radical (unpaired) electrons. The summed E-state index contributed by atoms with van der Waals surface area (Å²) in [6.45, 7) is -0.954. The summed E-state index contributed by atoms with van der Waals surface area (Å²) in [5.74, 6) is -3.04. The van der Waals surface area contributed by atoms with Crippen LogP contribution in [0.1, 0.15) is 16.1 Å². The van der Waals surface area contributed by atoms with Crippen LogP contribution >= 0.6 is 11.8 Å². The van der Waals surface area contributed by atoms with E-state index in [4.69, 9.17) is 15.2 Å². The van der Waals surface area contributed by atoms with E-state index in [0.29, 0.717) is 5.75 Å². The number of carbonyl (C=O) groups is 1. The molecule has 1 aromatic heterocycles. The molecule has 2 aromatic rings. The number of thioether (sulfide) groups is 1. The van der Waals surface area contributed by atoms with Crippen LogP contribution in [0.3, 0.4) is 0 Å². The summed E-state index contributed by atoms with van der Waals surface area (Å²) in [7, 11) is 1.40. The molecule has 2 aliphatic heterocycles. The second kappa shape index (κ2) is 8.35. The Morgan fingerprint density at radius 1 is 1.39 bits per heavy atom. The lowest BCUT2D eigenvalue weighted by molar-refractivity contribution is 0.0721. The number of methoxy groups -OCH3 is 1. The minimum atomic E-state index is -1.39. The number of amides is 1. The van der Waals surface area contributed by atoms with Crippen LogP contribution in [0.5, 0.6) is 5.88 Å². The zero-order chi connectivity index (χ0) is 22.2. The van der Waals surface area contributed by atoms with Crippen molar-refractivity contribution >= 4 is 28.5 Å². The Morgan fingerprint density at radius 2 is 2.19 bits per heavy atom. The predicted molar refractivity (Wildman–Crippen MR) is 108 cm³/mol. The number of amidine groups is 1. The van der Waals surface area contributed by atoms with Gasteiger partial charge in [-0.15, -0.1) is 0 Å². The summed E-state index contributed by atoms with van der Waals surface area (Å²) in [6, 6.07) is 2.10. The Labute approximate surface area is 179 Å². The second-order valence-electron chi connectivity index (χ2n) is 7.01. The Hall–Kier alpha value is -2.86. The SMILES string of the molecule is COc1cnc(C(=O)Nc2cc(F)c(F)c([C@]34CO[C@H](CF)[C@H]3CSC(N)=N4)c2)cn1. The number of halogens is 3. The average molecular weight is 453 g/mol. The average Bonchev–Trinajstić information content (AvgIpc) is 3.14. The zero-order valence-corrected chi connectivity index (χ0v) is 17.1. The van der Waals surface area contributed by atoms with E-state index >= 15 is 0 Å². The van der Waals surface area contributed by atoms with Crippen molar-refractivity contribution in [3.8, 4) is 5.88 Å². The summed E-state index contributed by atoms with van der Waals surface area (Å²) >= 11 is 1.20. The standard InChI is InChI=1S/C19H18F3N5O3S/c1-29-15-6-24-13(5-25-15)17(28)26-9-2-10(16(22)12(21)3-9)19-8-30-14(4-20)11(19)7-31-18(23)27-19/h2-3,5-6,11,14H,4,7-8H2,1H3,(H2,23,27)(H,26,28)/t11-,14-,19-/m1/s1. The number of aliphatic imine (C=N–C) groups is 1. The minimum absolute atomic E-state index is 0.0275. The van der Waals surface area contributed by atoms with Crippen LogP contribution in [0.4, 0.5) is 18.9 Å². The lowest BCUT2D eigenvalue weighted by atomic mass is 9.78. The van der Waals surface area contributed by atoms with Crippen LogP contribution in [-0.2, 0) is 10.3 Å². The normalized spacial score (nSPS) is 25.0. The number of anilines is 1. The van der Waals surface area contributed by atoms with E-state index in [1.807, 2.05) is 0 Å². The lowest BCUT2D eigenvalue weighted by Crippen LogP contribution is -2.43. The fraction of sp³-hybridized carbons (Fsp3) is 0.368. The molecule has 1 amide bonds. The van der Waals surface area contributed by atoms with Gasteiger partial charge in [-0.1, -0.05) is 11.8 Å². The van der Waals surface area contributed by atoms with Gasteiger partial charge in [-0.25, -0.2) is 28.1 Å². The summed E-state index contributed by atoms with van der Waals surface area (Å²) in [4.78, 5) is 24.6. The molecule has 8 nitrogen and oxygen atoms in total. The molecule has 0 spiro atoms. The van der Waals surface area contributed by atoms with Gasteiger partial charge in [0.25, 0.3) is 5.91 Å². The minimum Gasteiger partial charge on any atom is -0.480 e. The first-order valence-electron chi connectivity index (χ1n) is 9.20. The van der Waals surface area contributed by atoms with Crippen molar-refractivity contribution in [1.82, 2.24) is 9.97 Å². The summed E-state index contributed by atoms with van der Waals surface area (Å²) in [5, 5.41) is 2.64. The number of benzene rings is 1. The molecule has 1 aromatic carbocycles. The van der Waals surface area contributed by atoms with Crippen molar-refractivity contribution in [1.29, 1.82) is 0 Å². The molecular formula is C19H18F3N5O3S. The Kier molecular flexibility index (Phi) is 5.75. The molecule has 4 rings (SSSR count). The van der Waals surface area contributed by atoms with Gasteiger partial charge in [-0.05, 0) is 6.07 Å². The first-order chi connectivity index (χ1) is 14.9. The van der Waals surface area contributed by atoms with Gasteiger partial charge in [-0.3, -0.25) is 4.79 Å². The molecule has 31 heavy (non-hydrogen) atoms. The van der Waals surface area contributed by atoms with Crippen LogP contribution in [0.2, 0.25) is 0 Å². The molecule has 12 heteroatoms. The second-order valence-corrected chi connectivity index (χ2v) is 8.05. The van der Waals surface area contributed by atoms with Crippen LogP contribution < -0.4 is 15.8 Å². The van der Waals surface area contributed by atoms with E-state index in [-0.39, 0.29) is 34.6 Å². The van der Waals surface area contributed by atoms with Crippen molar-refractivity contribution in [3.63, 3.8) is 0 Å². The topological polar surface area (TPSA) is 112 Å². The molecule has 0 saturated carbocycles. The van der Waals surface area contributed by atoms with E-state index in [0.717, 1.165) is 6.07 Å². The van der Waals surface area contributed by atoms with Gasteiger partial charge in [0.05, 0.1) is 32.2 Å². The first kappa shape index (κ1) is 21.4. The Balaban J connectivity index is 1.71. The maximum atomic E-state index is 14.9.